The van der Waals surface area contributed by atoms with E-state index in [4.69, 9.17) is 28.9 Å². The number of carbonyl (C=O) groups is 4. The van der Waals surface area contributed by atoms with E-state index in [1.807, 2.05) is 57.2 Å². The Morgan fingerprint density at radius 3 is 2.36 bits per heavy atom. The molecule has 346 valence electrons. The van der Waals surface area contributed by atoms with E-state index in [-0.39, 0.29) is 43.2 Å². The molecular formula is C47H62N6O10S. The number of methoxy groups -OCH3 is 1. The summed E-state index contributed by atoms with van der Waals surface area (Å²) in [5.41, 5.74) is -1.20. The van der Waals surface area contributed by atoms with E-state index in [2.05, 4.69) is 22.3 Å². The predicted molar refractivity (Wildman–Crippen MR) is 240 cm³/mol. The van der Waals surface area contributed by atoms with Gasteiger partial charge < -0.3 is 34.5 Å². The fourth-order valence-corrected chi connectivity index (χ4v) is 9.88. The van der Waals surface area contributed by atoms with Crippen LogP contribution >= 0.6 is 0 Å². The molecular weight excluding hydrogens is 841 g/mol. The number of sulfonamides is 1. The van der Waals surface area contributed by atoms with Gasteiger partial charge in [0.2, 0.25) is 27.7 Å². The molecule has 4 aliphatic rings. The number of aromatic nitrogens is 2. The van der Waals surface area contributed by atoms with Crippen molar-refractivity contribution in [2.75, 3.05) is 13.7 Å². The van der Waals surface area contributed by atoms with Crippen molar-refractivity contribution in [3.63, 3.8) is 0 Å². The molecule has 3 heterocycles. The molecule has 1 saturated heterocycles. The van der Waals surface area contributed by atoms with Crippen LogP contribution < -0.4 is 29.6 Å². The van der Waals surface area contributed by atoms with Crippen molar-refractivity contribution in [1.29, 1.82) is 0 Å². The number of carbonyl (C=O) groups excluding carboxylic acids is 4. The van der Waals surface area contributed by atoms with Crippen molar-refractivity contribution >= 4 is 44.7 Å². The summed E-state index contributed by atoms with van der Waals surface area (Å²) in [7, 11) is -2.48. The lowest BCUT2D eigenvalue weighted by Crippen LogP contribution is -2.59. The van der Waals surface area contributed by atoms with Crippen molar-refractivity contribution < 1.29 is 46.5 Å². The SMILES string of the molecule is COc1ccc2c(OC3CC4C(=O)NC5(C(=O)NS(=O)(=O)C6(C)CC6)CC5C=CCCC(C)CC(C)C(NC(=O)OC(C)(C)C)C(=O)N4C3)nc(-c3ccc(OC(C)C)cc3)nc2c1. The highest BCUT2D eigenvalue weighted by molar-refractivity contribution is 7.91. The van der Waals surface area contributed by atoms with Gasteiger partial charge in [0.05, 0.1) is 35.4 Å². The number of amides is 4. The largest absolute Gasteiger partial charge is 0.497 e. The maximum atomic E-state index is 15.1. The quantitative estimate of drug-likeness (QED) is 0.194. The highest BCUT2D eigenvalue weighted by Gasteiger charge is 2.63. The van der Waals surface area contributed by atoms with E-state index in [1.54, 1.807) is 53.0 Å². The molecule has 64 heavy (non-hydrogen) atoms. The minimum Gasteiger partial charge on any atom is -0.497 e. The molecule has 2 aliphatic carbocycles. The van der Waals surface area contributed by atoms with Gasteiger partial charge in [0.25, 0.3) is 5.91 Å². The van der Waals surface area contributed by atoms with Crippen LogP contribution in [-0.4, -0.2) is 101 Å². The molecule has 0 radical (unpaired) electrons. The second-order valence-corrected chi connectivity index (χ2v) is 21.7. The zero-order valence-corrected chi connectivity index (χ0v) is 39.0. The average molecular weight is 903 g/mol. The lowest BCUT2D eigenvalue weighted by atomic mass is 9.88. The normalized spacial score (nSPS) is 27.0. The second kappa shape index (κ2) is 17.8. The molecule has 3 fully saturated rings. The average Bonchev–Trinajstić information content (AvgIpc) is 4.10. The van der Waals surface area contributed by atoms with Gasteiger partial charge in [-0.1, -0.05) is 26.0 Å². The highest BCUT2D eigenvalue weighted by atomic mass is 32.2. The zero-order valence-electron chi connectivity index (χ0n) is 38.2. The minimum atomic E-state index is -4.04. The van der Waals surface area contributed by atoms with Crippen LogP contribution in [0.2, 0.25) is 0 Å². The van der Waals surface area contributed by atoms with Gasteiger partial charge in [-0.25, -0.2) is 18.2 Å². The monoisotopic (exact) mass is 902 g/mol. The number of nitrogens with zero attached hydrogens (tertiary/aromatic N) is 3. The summed E-state index contributed by atoms with van der Waals surface area (Å²) in [5.74, 6) is -0.927. The van der Waals surface area contributed by atoms with Crippen molar-refractivity contribution in [1.82, 2.24) is 30.2 Å². The molecule has 16 nitrogen and oxygen atoms in total. The molecule has 3 aromatic rings. The van der Waals surface area contributed by atoms with E-state index >= 15 is 4.79 Å². The Bertz CT molecular complexity index is 2410. The van der Waals surface area contributed by atoms with Gasteiger partial charge in [0, 0.05) is 24.0 Å². The zero-order chi connectivity index (χ0) is 46.4. The Balaban J connectivity index is 1.26. The van der Waals surface area contributed by atoms with Crippen LogP contribution in [0.15, 0.2) is 54.6 Å². The summed E-state index contributed by atoms with van der Waals surface area (Å²) < 4.78 is 51.6. The third kappa shape index (κ3) is 10.2. The number of rotatable bonds is 10. The maximum absolute atomic E-state index is 15.1. The minimum absolute atomic E-state index is 0.0164. The topological polar surface area (TPSA) is 204 Å². The smallest absolute Gasteiger partial charge is 0.408 e. The van der Waals surface area contributed by atoms with Crippen LogP contribution in [0, 0.1) is 17.8 Å². The summed E-state index contributed by atoms with van der Waals surface area (Å²) in [5, 5.41) is 6.32. The maximum Gasteiger partial charge on any atom is 0.408 e. The van der Waals surface area contributed by atoms with Gasteiger partial charge in [-0.05, 0) is 128 Å². The van der Waals surface area contributed by atoms with Crippen molar-refractivity contribution in [2.45, 2.75) is 141 Å². The molecule has 7 atom stereocenters. The number of hydrogen-bond donors (Lipinski definition) is 3. The molecule has 17 heteroatoms. The molecule has 2 aliphatic heterocycles. The first-order valence-electron chi connectivity index (χ1n) is 22.3. The lowest BCUT2D eigenvalue weighted by Gasteiger charge is -2.33. The molecule has 1 aromatic heterocycles. The Kier molecular flexibility index (Phi) is 13.0. The molecule has 7 rings (SSSR count). The molecule has 3 N–H and O–H groups in total. The Hall–Kier alpha value is -5.45. The van der Waals surface area contributed by atoms with Crippen LogP contribution in [0.3, 0.4) is 0 Å². The highest BCUT2D eigenvalue weighted by Crippen LogP contribution is 2.48. The Morgan fingerprint density at radius 1 is 1.00 bits per heavy atom. The number of ether oxygens (including phenoxy) is 4. The number of alkyl carbamates (subject to hydrolysis) is 1. The van der Waals surface area contributed by atoms with E-state index in [0.29, 0.717) is 59.5 Å². The van der Waals surface area contributed by atoms with E-state index in [1.165, 1.54) is 4.90 Å². The van der Waals surface area contributed by atoms with Crippen molar-refractivity contribution in [2.24, 2.45) is 17.8 Å². The number of benzene rings is 2. The fourth-order valence-electron chi connectivity index (χ4n) is 8.57. The first kappa shape index (κ1) is 46.5. The summed E-state index contributed by atoms with van der Waals surface area (Å²) in [6.45, 7) is 14.6. The van der Waals surface area contributed by atoms with Crippen LogP contribution in [0.1, 0.15) is 100 Å². The van der Waals surface area contributed by atoms with Crippen LogP contribution in [-0.2, 0) is 29.1 Å². The Labute approximate surface area is 375 Å². The summed E-state index contributed by atoms with van der Waals surface area (Å²) >= 11 is 0. The lowest BCUT2D eigenvalue weighted by molar-refractivity contribution is -0.142. The fraction of sp³-hybridized carbons (Fsp3) is 0.574. The third-order valence-electron chi connectivity index (χ3n) is 12.6. The summed E-state index contributed by atoms with van der Waals surface area (Å²) in [4.78, 5) is 68.4. The number of allylic oxidation sites excluding steroid dienone is 1. The number of fused-ring (bicyclic) bond motifs is 3. The second-order valence-electron chi connectivity index (χ2n) is 19.5. The van der Waals surface area contributed by atoms with Gasteiger partial charge in [-0.2, -0.15) is 4.98 Å². The molecule has 2 aromatic carbocycles. The number of nitrogens with one attached hydrogen (secondary N) is 3. The van der Waals surface area contributed by atoms with Crippen molar-refractivity contribution in [3.05, 3.63) is 54.6 Å². The molecule has 7 unspecified atom stereocenters. The van der Waals surface area contributed by atoms with E-state index in [9.17, 15) is 22.8 Å². The Morgan fingerprint density at radius 2 is 1.70 bits per heavy atom. The standard InChI is InChI=1S/C47H62N6O10S/c1-27(2)61-32-16-14-30(15-17-32)39-48-36-23-33(60-9)18-19-35(36)41(50-39)62-34-24-37-40(54)51-47(43(56)52-64(58,59)46(8)20-21-46)25-31(47)13-11-10-12-28(3)22-29(4)38(42(55)53(37)26-34)49-44(57)63-45(5,6)7/h11,13-19,23,27-29,31,34,37-38H,10,12,20-22,24-26H2,1-9H3,(H,49,57)(H,51,54)(H,52,56). The number of hydrogen-bond acceptors (Lipinski definition) is 12. The van der Waals surface area contributed by atoms with Gasteiger partial charge in [0.1, 0.15) is 40.8 Å². The molecule has 0 bridgehead atoms. The van der Waals surface area contributed by atoms with Gasteiger partial charge in [-0.15, -0.1) is 0 Å². The van der Waals surface area contributed by atoms with Gasteiger partial charge in [0.15, 0.2) is 5.82 Å². The first-order chi connectivity index (χ1) is 30.1. The van der Waals surface area contributed by atoms with E-state index in [0.717, 1.165) is 6.42 Å². The van der Waals surface area contributed by atoms with Gasteiger partial charge in [-0.3, -0.25) is 19.1 Å². The van der Waals surface area contributed by atoms with Crippen LogP contribution in [0.25, 0.3) is 22.3 Å². The predicted octanol–water partition coefficient (Wildman–Crippen LogP) is 6.22. The first-order valence-corrected chi connectivity index (χ1v) is 23.7. The van der Waals surface area contributed by atoms with Crippen LogP contribution in [0.4, 0.5) is 4.79 Å². The summed E-state index contributed by atoms with van der Waals surface area (Å²) in [6.07, 6.45) is 5.20. The molecule has 2 saturated carbocycles. The van der Waals surface area contributed by atoms with E-state index < -0.39 is 73.8 Å². The van der Waals surface area contributed by atoms with Gasteiger partial charge >= 0.3 is 6.09 Å². The van der Waals surface area contributed by atoms with Crippen molar-refractivity contribution in [3.8, 4) is 28.8 Å². The van der Waals surface area contributed by atoms with Crippen LogP contribution in [0.5, 0.6) is 17.4 Å². The molecule has 0 spiro atoms. The molecule has 4 amide bonds. The third-order valence-corrected chi connectivity index (χ3v) is 14.7. The summed E-state index contributed by atoms with van der Waals surface area (Å²) in [6, 6.07) is 10.4.